The van der Waals surface area contributed by atoms with Crippen LogP contribution in [0.2, 0.25) is 0 Å². The van der Waals surface area contributed by atoms with Crippen LogP contribution in [-0.4, -0.2) is 24.5 Å². The van der Waals surface area contributed by atoms with E-state index in [2.05, 4.69) is 25.6 Å². The minimum absolute atomic E-state index is 0.0440. The molecule has 1 heterocycles. The summed E-state index contributed by atoms with van der Waals surface area (Å²) >= 11 is 3.95. The predicted octanol–water partition coefficient (Wildman–Crippen LogP) is 2.47. The molecule has 0 amide bonds. The Morgan fingerprint density at radius 3 is 2.81 bits per heavy atom. The van der Waals surface area contributed by atoms with Crippen molar-refractivity contribution in [1.82, 2.24) is 4.98 Å². The van der Waals surface area contributed by atoms with Crippen molar-refractivity contribution in [2.75, 3.05) is 4.72 Å². The van der Waals surface area contributed by atoms with E-state index in [-0.39, 0.29) is 26.6 Å². The SMILES string of the molecule is O=C(O)Cc1csc(NS(=O)(=O)c2ccc(F)cc2Br)n1. The van der Waals surface area contributed by atoms with Gasteiger partial charge in [-0.3, -0.25) is 9.52 Å². The fourth-order valence-electron chi connectivity index (χ4n) is 1.45. The van der Waals surface area contributed by atoms with Crippen molar-refractivity contribution in [3.63, 3.8) is 0 Å². The van der Waals surface area contributed by atoms with Gasteiger partial charge in [0.05, 0.1) is 12.1 Å². The highest BCUT2D eigenvalue weighted by molar-refractivity contribution is 9.10. The number of hydrogen-bond donors (Lipinski definition) is 2. The maximum atomic E-state index is 13.0. The van der Waals surface area contributed by atoms with E-state index < -0.39 is 21.8 Å². The molecular weight excluding hydrogens is 387 g/mol. The number of sulfonamides is 1. The van der Waals surface area contributed by atoms with Crippen molar-refractivity contribution < 1.29 is 22.7 Å². The molecule has 0 saturated carbocycles. The smallest absolute Gasteiger partial charge is 0.309 e. The second-order valence-corrected chi connectivity index (χ2v) is 7.26. The van der Waals surface area contributed by atoms with E-state index in [0.717, 1.165) is 29.5 Å². The van der Waals surface area contributed by atoms with E-state index in [1.165, 1.54) is 5.38 Å². The average Bonchev–Trinajstić information content (AvgIpc) is 2.73. The lowest BCUT2D eigenvalue weighted by Gasteiger charge is -2.07. The third kappa shape index (κ3) is 3.99. The van der Waals surface area contributed by atoms with Gasteiger partial charge in [0.15, 0.2) is 5.13 Å². The summed E-state index contributed by atoms with van der Waals surface area (Å²) in [5.41, 5.74) is 0.253. The Bertz CT molecular complexity index is 791. The third-order valence-corrected chi connectivity index (χ3v) is 5.54. The first-order valence-corrected chi connectivity index (χ1v) is 8.57. The zero-order valence-corrected chi connectivity index (χ0v) is 13.4. The zero-order valence-electron chi connectivity index (χ0n) is 10.2. The fraction of sp³-hybridized carbons (Fsp3) is 0.0909. The third-order valence-electron chi connectivity index (χ3n) is 2.29. The topological polar surface area (TPSA) is 96.4 Å². The molecule has 0 radical (unpaired) electrons. The molecule has 112 valence electrons. The Kier molecular flexibility index (Phi) is 4.59. The first-order chi connectivity index (χ1) is 9.78. The van der Waals surface area contributed by atoms with Gasteiger partial charge in [0.25, 0.3) is 10.0 Å². The van der Waals surface area contributed by atoms with Crippen LogP contribution in [0.1, 0.15) is 5.69 Å². The van der Waals surface area contributed by atoms with Crippen LogP contribution in [0.25, 0.3) is 0 Å². The zero-order chi connectivity index (χ0) is 15.6. The van der Waals surface area contributed by atoms with Crippen molar-refractivity contribution in [3.8, 4) is 0 Å². The minimum Gasteiger partial charge on any atom is -0.481 e. The van der Waals surface area contributed by atoms with Crippen LogP contribution in [-0.2, 0) is 21.2 Å². The number of nitrogens with one attached hydrogen (secondary N) is 1. The van der Waals surface area contributed by atoms with Gasteiger partial charge < -0.3 is 5.11 Å². The highest BCUT2D eigenvalue weighted by Gasteiger charge is 2.20. The molecule has 0 aliphatic rings. The van der Waals surface area contributed by atoms with Crippen LogP contribution in [0, 0.1) is 5.82 Å². The van der Waals surface area contributed by atoms with Crippen molar-refractivity contribution in [2.45, 2.75) is 11.3 Å². The van der Waals surface area contributed by atoms with Gasteiger partial charge in [0.1, 0.15) is 10.7 Å². The normalized spacial score (nSPS) is 11.3. The van der Waals surface area contributed by atoms with E-state index in [1.54, 1.807) is 0 Å². The summed E-state index contributed by atoms with van der Waals surface area (Å²) in [6.45, 7) is 0. The summed E-state index contributed by atoms with van der Waals surface area (Å²) in [5, 5.41) is 10.1. The van der Waals surface area contributed by atoms with Gasteiger partial charge in [-0.15, -0.1) is 11.3 Å². The number of benzene rings is 1. The molecule has 0 saturated heterocycles. The van der Waals surface area contributed by atoms with Crippen LogP contribution in [0.4, 0.5) is 9.52 Å². The number of rotatable bonds is 5. The van der Waals surface area contributed by atoms with Gasteiger partial charge in [0.2, 0.25) is 0 Å². The van der Waals surface area contributed by atoms with Crippen molar-refractivity contribution in [2.24, 2.45) is 0 Å². The quantitative estimate of drug-likeness (QED) is 0.811. The molecule has 10 heteroatoms. The van der Waals surface area contributed by atoms with Gasteiger partial charge in [-0.05, 0) is 34.1 Å². The lowest BCUT2D eigenvalue weighted by molar-refractivity contribution is -0.136. The molecule has 6 nitrogen and oxygen atoms in total. The number of aliphatic carboxylic acids is 1. The standard InChI is InChI=1S/C11H8BrFN2O4S2/c12-8-3-6(13)1-2-9(8)21(18,19)15-11-14-7(5-20-11)4-10(16)17/h1-3,5H,4H2,(H,14,15)(H,16,17). The lowest BCUT2D eigenvalue weighted by atomic mass is 10.3. The molecule has 0 unspecified atom stereocenters. The van der Waals surface area contributed by atoms with E-state index in [0.29, 0.717) is 0 Å². The van der Waals surface area contributed by atoms with E-state index in [4.69, 9.17) is 5.11 Å². The average molecular weight is 395 g/mol. The molecule has 2 aromatic rings. The van der Waals surface area contributed by atoms with Crippen LogP contribution in [0.3, 0.4) is 0 Å². The Labute approximate surface area is 131 Å². The number of halogens is 2. The molecule has 0 atom stereocenters. The largest absolute Gasteiger partial charge is 0.481 e. The molecule has 1 aromatic carbocycles. The first kappa shape index (κ1) is 15.9. The first-order valence-electron chi connectivity index (χ1n) is 5.42. The highest BCUT2D eigenvalue weighted by Crippen LogP contribution is 2.26. The molecule has 0 aliphatic heterocycles. The number of aromatic nitrogens is 1. The Hall–Kier alpha value is -1.52. The van der Waals surface area contributed by atoms with Crippen LogP contribution >= 0.6 is 27.3 Å². The molecule has 0 spiro atoms. The van der Waals surface area contributed by atoms with Gasteiger partial charge >= 0.3 is 5.97 Å². The second kappa shape index (κ2) is 6.08. The Morgan fingerprint density at radius 1 is 1.48 bits per heavy atom. The van der Waals surface area contributed by atoms with E-state index in [1.807, 2.05) is 0 Å². The van der Waals surface area contributed by atoms with Gasteiger partial charge in [0, 0.05) is 9.85 Å². The minimum atomic E-state index is -3.94. The molecular formula is C11H8BrFN2O4S2. The van der Waals surface area contributed by atoms with Crippen LogP contribution < -0.4 is 4.72 Å². The summed E-state index contributed by atoms with van der Waals surface area (Å²) < 4.78 is 39.6. The summed E-state index contributed by atoms with van der Waals surface area (Å²) in [5.74, 6) is -1.63. The van der Waals surface area contributed by atoms with Gasteiger partial charge in [-0.1, -0.05) is 0 Å². The highest BCUT2D eigenvalue weighted by atomic mass is 79.9. The number of carboxylic acid groups (broad SMARTS) is 1. The molecule has 1 aromatic heterocycles. The number of carbonyl (C=O) groups is 1. The van der Waals surface area contributed by atoms with Crippen LogP contribution in [0.5, 0.6) is 0 Å². The molecule has 2 rings (SSSR count). The van der Waals surface area contributed by atoms with Crippen molar-refractivity contribution in [3.05, 3.63) is 39.6 Å². The number of nitrogens with zero attached hydrogens (tertiary/aromatic N) is 1. The molecule has 0 fully saturated rings. The fourth-order valence-corrected chi connectivity index (χ4v) is 4.47. The molecule has 21 heavy (non-hydrogen) atoms. The Morgan fingerprint density at radius 2 is 2.19 bits per heavy atom. The summed E-state index contributed by atoms with van der Waals surface area (Å²) in [7, 11) is -3.94. The second-order valence-electron chi connectivity index (χ2n) is 3.89. The van der Waals surface area contributed by atoms with Crippen molar-refractivity contribution in [1.29, 1.82) is 0 Å². The van der Waals surface area contributed by atoms with Gasteiger partial charge in [-0.25, -0.2) is 17.8 Å². The number of thiazole rings is 1. The lowest BCUT2D eigenvalue weighted by Crippen LogP contribution is -2.13. The van der Waals surface area contributed by atoms with E-state index in [9.17, 15) is 17.6 Å². The summed E-state index contributed by atoms with van der Waals surface area (Å²) in [4.78, 5) is 14.3. The van der Waals surface area contributed by atoms with Crippen molar-refractivity contribution >= 4 is 48.4 Å². The molecule has 2 N–H and O–H groups in total. The number of hydrogen-bond acceptors (Lipinski definition) is 5. The molecule has 0 aliphatic carbocycles. The van der Waals surface area contributed by atoms with E-state index >= 15 is 0 Å². The monoisotopic (exact) mass is 394 g/mol. The summed E-state index contributed by atoms with van der Waals surface area (Å²) in [6, 6.07) is 3.18. The predicted molar refractivity (Wildman–Crippen MR) is 78.4 cm³/mol. The van der Waals surface area contributed by atoms with Crippen LogP contribution in [0.15, 0.2) is 32.9 Å². The number of anilines is 1. The Balaban J connectivity index is 2.25. The maximum Gasteiger partial charge on any atom is 0.309 e. The maximum absolute atomic E-state index is 13.0. The molecule has 0 bridgehead atoms. The van der Waals surface area contributed by atoms with Gasteiger partial charge in [-0.2, -0.15) is 0 Å². The number of carboxylic acids is 1. The summed E-state index contributed by atoms with van der Waals surface area (Å²) in [6.07, 6.45) is -0.293.